The Labute approximate surface area is 132 Å². The van der Waals surface area contributed by atoms with Crippen LogP contribution in [0.15, 0.2) is 12.1 Å². The normalized spacial score (nSPS) is 11.2. The summed E-state index contributed by atoms with van der Waals surface area (Å²) >= 11 is 6.97. The van der Waals surface area contributed by atoms with E-state index in [2.05, 4.69) is 15.0 Å². The third-order valence-electron chi connectivity index (χ3n) is 2.84. The molecular formula is C13H8ClF3N4S. The monoisotopic (exact) mass is 344 g/mol. The highest BCUT2D eigenvalue weighted by Crippen LogP contribution is 2.37. The molecule has 0 fully saturated rings. The summed E-state index contributed by atoms with van der Waals surface area (Å²) in [5.41, 5.74) is -0.271. The second-order valence-corrected chi connectivity index (χ2v) is 5.94. The van der Waals surface area contributed by atoms with Crippen LogP contribution in [0.4, 0.5) is 18.3 Å². The van der Waals surface area contributed by atoms with Gasteiger partial charge >= 0.3 is 0 Å². The quantitative estimate of drug-likeness (QED) is 0.661. The molecule has 1 aromatic carbocycles. The molecule has 0 unspecified atom stereocenters. The Balaban J connectivity index is 2.35. The van der Waals surface area contributed by atoms with Gasteiger partial charge in [0.2, 0.25) is 5.28 Å². The molecule has 0 saturated heterocycles. The third kappa shape index (κ3) is 2.48. The second-order valence-electron chi connectivity index (χ2n) is 4.63. The number of halogens is 4. The maximum Gasteiger partial charge on any atom is 0.225 e. The van der Waals surface area contributed by atoms with Crippen LogP contribution in [0.25, 0.3) is 21.6 Å². The Morgan fingerprint density at radius 2 is 1.68 bits per heavy atom. The average Bonchev–Trinajstić information content (AvgIpc) is 2.81. The van der Waals surface area contributed by atoms with Gasteiger partial charge in [0.05, 0.1) is 5.56 Å². The first-order chi connectivity index (χ1) is 10.4. The first kappa shape index (κ1) is 15.0. The van der Waals surface area contributed by atoms with E-state index in [0.29, 0.717) is 22.0 Å². The SMILES string of the molecule is CN(C)c1nc2nc(Cl)nc(-c3c(F)cc(F)cc3F)c2s1. The summed E-state index contributed by atoms with van der Waals surface area (Å²) in [4.78, 5) is 13.8. The number of hydrogen-bond acceptors (Lipinski definition) is 5. The molecule has 9 heteroatoms. The van der Waals surface area contributed by atoms with Crippen molar-refractivity contribution in [1.82, 2.24) is 15.0 Å². The molecule has 3 rings (SSSR count). The van der Waals surface area contributed by atoms with Crippen LogP contribution in [0.1, 0.15) is 0 Å². The zero-order valence-electron chi connectivity index (χ0n) is 11.4. The maximum absolute atomic E-state index is 14.0. The van der Waals surface area contributed by atoms with Gasteiger partial charge in [-0.15, -0.1) is 0 Å². The summed E-state index contributed by atoms with van der Waals surface area (Å²) in [6.07, 6.45) is 0. The van der Waals surface area contributed by atoms with Crippen LogP contribution in [0.3, 0.4) is 0 Å². The number of hydrogen-bond donors (Lipinski definition) is 0. The molecule has 0 aliphatic rings. The van der Waals surface area contributed by atoms with Gasteiger partial charge in [0.15, 0.2) is 10.8 Å². The summed E-state index contributed by atoms with van der Waals surface area (Å²) in [5.74, 6) is -3.13. The van der Waals surface area contributed by atoms with E-state index in [1.807, 2.05) is 0 Å². The van der Waals surface area contributed by atoms with Gasteiger partial charge in [0.1, 0.15) is 27.8 Å². The van der Waals surface area contributed by atoms with Crippen molar-refractivity contribution >= 4 is 38.4 Å². The number of aromatic nitrogens is 3. The van der Waals surface area contributed by atoms with Crippen LogP contribution >= 0.6 is 22.9 Å². The lowest BCUT2D eigenvalue weighted by Crippen LogP contribution is -2.07. The van der Waals surface area contributed by atoms with Gasteiger partial charge in [-0.05, 0) is 11.6 Å². The average molecular weight is 345 g/mol. The number of anilines is 1. The maximum atomic E-state index is 14.0. The van der Waals surface area contributed by atoms with Crippen molar-refractivity contribution in [1.29, 1.82) is 0 Å². The molecule has 2 heterocycles. The van der Waals surface area contributed by atoms with Gasteiger partial charge < -0.3 is 4.90 Å². The van der Waals surface area contributed by atoms with Crippen molar-refractivity contribution in [2.75, 3.05) is 19.0 Å². The Hall–Kier alpha value is -1.93. The lowest BCUT2D eigenvalue weighted by atomic mass is 10.1. The molecule has 0 atom stereocenters. The molecular weight excluding hydrogens is 337 g/mol. The Bertz CT molecular complexity index is 858. The molecule has 2 aromatic heterocycles. The molecule has 0 amide bonds. The van der Waals surface area contributed by atoms with Crippen LogP contribution in [-0.4, -0.2) is 29.0 Å². The van der Waals surface area contributed by atoms with Crippen LogP contribution in [0.2, 0.25) is 5.28 Å². The Morgan fingerprint density at radius 1 is 1.05 bits per heavy atom. The van der Waals surface area contributed by atoms with Gasteiger partial charge in [-0.2, -0.15) is 9.97 Å². The highest BCUT2D eigenvalue weighted by molar-refractivity contribution is 7.22. The van der Waals surface area contributed by atoms with E-state index in [1.54, 1.807) is 19.0 Å². The zero-order chi connectivity index (χ0) is 16.0. The molecule has 0 N–H and O–H groups in total. The second kappa shape index (κ2) is 5.36. The zero-order valence-corrected chi connectivity index (χ0v) is 12.9. The number of benzene rings is 1. The fourth-order valence-electron chi connectivity index (χ4n) is 1.92. The lowest BCUT2D eigenvalue weighted by molar-refractivity contribution is 0.547. The van der Waals surface area contributed by atoms with Gasteiger partial charge in [-0.1, -0.05) is 11.3 Å². The van der Waals surface area contributed by atoms with Crippen molar-refractivity contribution in [2.45, 2.75) is 0 Å². The van der Waals surface area contributed by atoms with Crippen LogP contribution < -0.4 is 4.90 Å². The van der Waals surface area contributed by atoms with Crippen LogP contribution in [0, 0.1) is 17.5 Å². The number of fused-ring (bicyclic) bond motifs is 1. The van der Waals surface area contributed by atoms with Crippen molar-refractivity contribution in [3.63, 3.8) is 0 Å². The summed E-state index contributed by atoms with van der Waals surface area (Å²) in [6, 6.07) is 1.18. The minimum absolute atomic E-state index is 0.0457. The van der Waals surface area contributed by atoms with E-state index in [9.17, 15) is 13.2 Å². The van der Waals surface area contributed by atoms with E-state index in [4.69, 9.17) is 11.6 Å². The molecule has 3 aromatic rings. The van der Waals surface area contributed by atoms with E-state index >= 15 is 0 Å². The molecule has 0 bridgehead atoms. The number of rotatable bonds is 2. The molecule has 0 spiro atoms. The predicted molar refractivity (Wildman–Crippen MR) is 79.9 cm³/mol. The van der Waals surface area contributed by atoms with Crippen molar-refractivity contribution < 1.29 is 13.2 Å². The highest BCUT2D eigenvalue weighted by atomic mass is 35.5. The van der Waals surface area contributed by atoms with Gasteiger partial charge in [0.25, 0.3) is 0 Å². The van der Waals surface area contributed by atoms with E-state index in [-0.39, 0.29) is 16.6 Å². The minimum Gasteiger partial charge on any atom is -0.354 e. The highest BCUT2D eigenvalue weighted by Gasteiger charge is 2.21. The molecule has 4 nitrogen and oxygen atoms in total. The molecule has 0 aliphatic heterocycles. The first-order valence-electron chi connectivity index (χ1n) is 6.03. The van der Waals surface area contributed by atoms with E-state index in [1.165, 1.54) is 0 Å². The molecule has 114 valence electrons. The van der Waals surface area contributed by atoms with Crippen LogP contribution in [0.5, 0.6) is 0 Å². The van der Waals surface area contributed by atoms with Crippen LogP contribution in [-0.2, 0) is 0 Å². The number of thiazole rings is 1. The predicted octanol–water partition coefficient (Wildman–Crippen LogP) is 3.89. The smallest absolute Gasteiger partial charge is 0.225 e. The molecule has 0 saturated carbocycles. The van der Waals surface area contributed by atoms with Gasteiger partial charge in [-0.25, -0.2) is 18.2 Å². The minimum atomic E-state index is -1.06. The number of nitrogens with zero attached hydrogens (tertiary/aromatic N) is 4. The third-order valence-corrected chi connectivity index (χ3v) is 4.23. The van der Waals surface area contributed by atoms with E-state index in [0.717, 1.165) is 11.3 Å². The summed E-state index contributed by atoms with van der Waals surface area (Å²) in [5, 5.41) is 0.386. The van der Waals surface area contributed by atoms with E-state index < -0.39 is 23.0 Å². The van der Waals surface area contributed by atoms with Crippen molar-refractivity contribution in [2.24, 2.45) is 0 Å². The largest absolute Gasteiger partial charge is 0.354 e. The standard InChI is InChI=1S/C13H8ClF3N4S/c1-21(2)13-20-11-10(22-13)9(18-12(14)19-11)8-6(16)3-5(15)4-7(8)17/h3-4H,1-2H3. The molecule has 0 radical (unpaired) electrons. The molecule has 22 heavy (non-hydrogen) atoms. The van der Waals surface area contributed by atoms with Gasteiger partial charge in [0, 0.05) is 26.2 Å². The summed E-state index contributed by atoms with van der Waals surface area (Å²) in [7, 11) is 3.54. The van der Waals surface area contributed by atoms with Crippen molar-refractivity contribution in [3.8, 4) is 11.3 Å². The molecule has 0 aliphatic carbocycles. The fraction of sp³-hybridized carbons (Fsp3) is 0.154. The topological polar surface area (TPSA) is 41.9 Å². The summed E-state index contributed by atoms with van der Waals surface area (Å²) < 4.78 is 41.5. The van der Waals surface area contributed by atoms with Crippen molar-refractivity contribution in [3.05, 3.63) is 34.9 Å². The van der Waals surface area contributed by atoms with Gasteiger partial charge in [-0.3, -0.25) is 0 Å². The Morgan fingerprint density at radius 3 is 2.27 bits per heavy atom. The lowest BCUT2D eigenvalue weighted by Gasteiger charge is -2.06. The summed E-state index contributed by atoms with van der Waals surface area (Å²) in [6.45, 7) is 0. The fourth-order valence-corrected chi connectivity index (χ4v) is 3.00. The Kier molecular flexibility index (Phi) is 3.65. The first-order valence-corrected chi connectivity index (χ1v) is 7.22.